The molecule has 3 radical (unpaired) electrons. The van der Waals surface area contributed by atoms with Crippen molar-refractivity contribution in [1.29, 1.82) is 0 Å². The summed E-state index contributed by atoms with van der Waals surface area (Å²) < 4.78 is 169. The van der Waals surface area contributed by atoms with Gasteiger partial charge in [-0.15, -0.1) is 0 Å². The van der Waals surface area contributed by atoms with Gasteiger partial charge in [0.05, 0.1) is 0 Å². The maximum atomic E-state index is 13.2. The molecule has 0 bridgehead atoms. The van der Waals surface area contributed by atoms with Crippen molar-refractivity contribution in [3.05, 3.63) is 144 Å². The van der Waals surface area contributed by atoms with Crippen molar-refractivity contribution in [2.75, 3.05) is 0 Å². The first kappa shape index (κ1) is 48.8. The van der Waals surface area contributed by atoms with Crippen molar-refractivity contribution in [1.82, 2.24) is 29.9 Å². The zero-order chi connectivity index (χ0) is 37.2. The van der Waals surface area contributed by atoms with Gasteiger partial charge in [0, 0.05) is 135 Å². The molecule has 6 aromatic rings. The van der Waals surface area contributed by atoms with E-state index < -0.39 is 92.9 Å². The minimum absolute atomic E-state index is 0. The van der Waals surface area contributed by atoms with Gasteiger partial charge in [0.15, 0.2) is 40.5 Å². The molecule has 0 N–H and O–H groups in total. The molecule has 0 aliphatic carbocycles. The van der Waals surface area contributed by atoms with Crippen LogP contribution in [0.3, 0.4) is 0 Å². The van der Waals surface area contributed by atoms with Crippen LogP contribution >= 0.6 is 0 Å². The van der Waals surface area contributed by atoms with Crippen molar-refractivity contribution in [2.45, 2.75) is 0 Å². The van der Waals surface area contributed by atoms with Crippen molar-refractivity contribution in [3.63, 3.8) is 0 Å². The molecule has 0 unspecified atom stereocenters. The van der Waals surface area contributed by atoms with E-state index in [1.54, 1.807) is 0 Å². The zero-order valence-corrected chi connectivity index (χ0v) is 34.4. The van der Waals surface area contributed by atoms with E-state index in [-0.39, 0.29) is 116 Å². The number of aromatic nitrogens is 6. The second-order valence-corrected chi connectivity index (χ2v) is 8.69. The fourth-order valence-corrected chi connectivity index (χ4v) is 3.18. The molecule has 54 heavy (non-hydrogen) atoms. The molecule has 0 amide bonds. The monoisotopic (exact) mass is 996 g/mol. The Morgan fingerprint density at radius 1 is 0.370 bits per heavy atom. The molecule has 24 heteroatoms. The molecular formula is C30H9F12N6O3Y3-3. The van der Waals surface area contributed by atoms with Crippen LogP contribution in [-0.4, -0.2) is 29.9 Å². The van der Waals surface area contributed by atoms with Crippen molar-refractivity contribution in [2.24, 2.45) is 0 Å². The summed E-state index contributed by atoms with van der Waals surface area (Å²) in [6.45, 7) is 0. The van der Waals surface area contributed by atoms with E-state index in [4.69, 9.17) is 4.74 Å². The molecule has 0 aliphatic heterocycles. The van der Waals surface area contributed by atoms with Crippen LogP contribution in [0.5, 0.6) is 34.9 Å². The molecule has 9 nitrogen and oxygen atoms in total. The zero-order valence-electron chi connectivity index (χ0n) is 25.9. The van der Waals surface area contributed by atoms with Gasteiger partial charge in [0.25, 0.3) is 0 Å². The van der Waals surface area contributed by atoms with E-state index in [9.17, 15) is 52.7 Å². The first-order valence-electron chi connectivity index (χ1n) is 12.9. The van der Waals surface area contributed by atoms with E-state index in [0.717, 1.165) is 18.3 Å². The summed E-state index contributed by atoms with van der Waals surface area (Å²) in [5.74, 6) is -24.4. The summed E-state index contributed by atoms with van der Waals surface area (Å²) in [7, 11) is 0. The molecular weight excluding hydrogens is 987 g/mol. The third kappa shape index (κ3) is 12.9. The third-order valence-corrected chi connectivity index (χ3v) is 5.35. The molecule has 0 fully saturated rings. The van der Waals surface area contributed by atoms with Crippen LogP contribution in [0.25, 0.3) is 0 Å². The summed E-state index contributed by atoms with van der Waals surface area (Å²) in [5, 5.41) is 0. The van der Waals surface area contributed by atoms with Crippen LogP contribution in [0.1, 0.15) is 0 Å². The quantitative estimate of drug-likeness (QED) is 0.0714. The van der Waals surface area contributed by atoms with Crippen molar-refractivity contribution < 1.29 is 165 Å². The molecule has 0 saturated carbocycles. The summed E-state index contributed by atoms with van der Waals surface area (Å²) in [6, 6.07) is 4.63. The average Bonchev–Trinajstić information content (AvgIpc) is 3.13. The van der Waals surface area contributed by atoms with Crippen LogP contribution in [-0.2, 0) is 98.1 Å². The Morgan fingerprint density at radius 2 is 0.685 bits per heavy atom. The fourth-order valence-electron chi connectivity index (χ4n) is 3.18. The number of nitrogens with zero attached hydrogens (tertiary/aromatic N) is 6. The van der Waals surface area contributed by atoms with Gasteiger partial charge < -0.3 is 44.1 Å². The van der Waals surface area contributed by atoms with Crippen LogP contribution in [0.2, 0.25) is 0 Å². The Balaban J connectivity index is 0.000000395. The molecule has 3 aromatic heterocycles. The second-order valence-electron chi connectivity index (χ2n) is 8.69. The predicted octanol–water partition coefficient (Wildman–Crippen LogP) is 7.87. The summed E-state index contributed by atoms with van der Waals surface area (Å²) in [5.41, 5.74) is 0. The van der Waals surface area contributed by atoms with E-state index in [1.165, 1.54) is 18.5 Å². The van der Waals surface area contributed by atoms with Gasteiger partial charge in [-0.1, -0.05) is 36.8 Å². The Morgan fingerprint density at radius 3 is 1.02 bits per heavy atom. The minimum atomic E-state index is -2.26. The van der Waals surface area contributed by atoms with Gasteiger partial charge in [-0.05, 0) is 0 Å². The minimum Gasteiger partial charge on any atom is -0.493 e. The number of halogens is 12. The summed E-state index contributed by atoms with van der Waals surface area (Å²) in [6.07, 6.45) is 9.91. The molecule has 3 heterocycles. The SMILES string of the molecule is Fc1c(F)c(F)c(Oc2ccn[c-]n2)c(F)c1F.Fc1cc(F)c(F)c(Oc2ccn[c-]n2)c1F.Fc1cc(F)c(Oc2ccn[c-]n2)c(F)c1.[Y].[Y].[Y]. The van der Waals surface area contributed by atoms with Crippen LogP contribution in [0, 0.1) is 88.8 Å². The van der Waals surface area contributed by atoms with Crippen LogP contribution < -0.4 is 14.2 Å². The number of benzene rings is 3. The molecule has 0 atom stereocenters. The van der Waals surface area contributed by atoms with Crippen LogP contribution in [0.4, 0.5) is 52.7 Å². The molecule has 3 aromatic carbocycles. The van der Waals surface area contributed by atoms with Gasteiger partial charge in [0.2, 0.25) is 40.7 Å². The molecule has 6 rings (SSSR count). The van der Waals surface area contributed by atoms with Gasteiger partial charge >= 0.3 is 0 Å². The van der Waals surface area contributed by atoms with E-state index in [1.807, 2.05) is 6.33 Å². The largest absolute Gasteiger partial charge is 0.493 e. The van der Waals surface area contributed by atoms with Crippen LogP contribution in [0.15, 0.2) is 55.0 Å². The number of hydrogen-bond acceptors (Lipinski definition) is 9. The molecule has 0 saturated heterocycles. The predicted molar refractivity (Wildman–Crippen MR) is 142 cm³/mol. The maximum Gasteiger partial charge on any atom is 0.206 e. The summed E-state index contributed by atoms with van der Waals surface area (Å²) in [4.78, 5) is 20.4. The number of hydrogen-bond donors (Lipinski definition) is 0. The van der Waals surface area contributed by atoms with Gasteiger partial charge in [-0.3, -0.25) is 0 Å². The number of ether oxygens (including phenoxy) is 3. The molecule has 0 aliphatic rings. The fraction of sp³-hybridized carbons (Fsp3) is 0. The average molecular weight is 996 g/mol. The maximum absolute atomic E-state index is 13.2. The topological polar surface area (TPSA) is 105 Å². The smallest absolute Gasteiger partial charge is 0.206 e. The van der Waals surface area contributed by atoms with Gasteiger partial charge in [-0.25, -0.2) is 35.1 Å². The Kier molecular flexibility index (Phi) is 20.8. The first-order valence-corrected chi connectivity index (χ1v) is 12.9. The van der Waals surface area contributed by atoms with E-state index in [0.29, 0.717) is 12.1 Å². The third-order valence-electron chi connectivity index (χ3n) is 5.35. The van der Waals surface area contributed by atoms with Crippen molar-refractivity contribution >= 4 is 0 Å². The van der Waals surface area contributed by atoms with Gasteiger partial charge in [-0.2, -0.15) is 17.6 Å². The Hall–Kier alpha value is -3.23. The van der Waals surface area contributed by atoms with Gasteiger partial charge in [0.1, 0.15) is 23.5 Å². The van der Waals surface area contributed by atoms with Crippen molar-refractivity contribution in [3.8, 4) is 34.9 Å². The number of rotatable bonds is 6. The van der Waals surface area contributed by atoms with E-state index >= 15 is 0 Å². The van der Waals surface area contributed by atoms with E-state index in [2.05, 4.69) is 52.0 Å². The Bertz CT molecular complexity index is 2060. The molecule has 273 valence electrons. The first-order chi connectivity index (χ1) is 24.3. The Labute approximate surface area is 370 Å². The standard InChI is InChI=1S/C10H2F5N2O.C10H3F4N2O.C10H4F3N2O.3Y/c11-5-6(12)8(14)10(9(15)7(5)13)18-4-1-2-16-3-17-4;11-5-3-6(12)9(14)10(8(5)13)17-7-1-2-15-4-16-7;11-6-3-7(12)10(8(13)4-6)16-9-1-2-14-5-15-9;;;/h1-2H;1-3H;1-4H;;;/q3*-1;;;. The second kappa shape index (κ2) is 23.0. The summed E-state index contributed by atoms with van der Waals surface area (Å²) >= 11 is 0. The molecule has 0 spiro atoms. The normalized spacial score (nSPS) is 9.78.